The van der Waals surface area contributed by atoms with Gasteiger partial charge < -0.3 is 9.69 Å². The molecule has 3 rings (SSSR count). The van der Waals surface area contributed by atoms with Crippen LogP contribution in [0.25, 0.3) is 0 Å². The lowest BCUT2D eigenvalue weighted by atomic mass is 9.74. The highest BCUT2D eigenvalue weighted by Gasteiger charge is 2.45. The molecule has 1 aliphatic heterocycles. The van der Waals surface area contributed by atoms with Gasteiger partial charge in [0.1, 0.15) is 6.29 Å². The SMILES string of the molecule is C=CC[C@@H]1C[C@H](c2cccc(Cl)c2)[C@@H](c2ccc(Cl)cc2)N([C@H](C=O)CC)C1=O. The van der Waals surface area contributed by atoms with Gasteiger partial charge in [-0.3, -0.25) is 4.79 Å². The Kier molecular flexibility index (Phi) is 7.15. The molecule has 4 atom stereocenters. The van der Waals surface area contributed by atoms with Gasteiger partial charge in [-0.25, -0.2) is 0 Å². The molecule has 0 N–H and O–H groups in total. The number of halogens is 2. The minimum absolute atomic E-state index is 0.00192. The Morgan fingerprint density at radius 2 is 1.86 bits per heavy atom. The van der Waals surface area contributed by atoms with Crippen LogP contribution in [0.15, 0.2) is 61.2 Å². The van der Waals surface area contributed by atoms with Crippen molar-refractivity contribution in [2.45, 2.75) is 44.2 Å². The Labute approximate surface area is 182 Å². The highest BCUT2D eigenvalue weighted by Crippen LogP contribution is 2.47. The van der Waals surface area contributed by atoms with Crippen LogP contribution in [0.4, 0.5) is 0 Å². The first-order valence-electron chi connectivity index (χ1n) is 9.89. The predicted molar refractivity (Wildman–Crippen MR) is 118 cm³/mol. The number of amides is 1. The van der Waals surface area contributed by atoms with E-state index in [2.05, 4.69) is 6.58 Å². The highest BCUT2D eigenvalue weighted by molar-refractivity contribution is 6.30. The van der Waals surface area contributed by atoms with Crippen LogP contribution in [-0.2, 0) is 9.59 Å². The van der Waals surface area contributed by atoms with Gasteiger partial charge in [0.25, 0.3) is 0 Å². The van der Waals surface area contributed by atoms with Crippen molar-refractivity contribution in [2.24, 2.45) is 5.92 Å². The fraction of sp³-hybridized carbons (Fsp3) is 0.333. The van der Waals surface area contributed by atoms with Gasteiger partial charge in [0.2, 0.25) is 5.91 Å². The lowest BCUT2D eigenvalue weighted by Gasteiger charge is -2.47. The summed E-state index contributed by atoms with van der Waals surface area (Å²) in [6.45, 7) is 5.75. The second-order valence-electron chi connectivity index (χ2n) is 7.47. The first-order valence-corrected chi connectivity index (χ1v) is 10.6. The van der Waals surface area contributed by atoms with Crippen LogP contribution in [0.3, 0.4) is 0 Å². The van der Waals surface area contributed by atoms with Gasteiger partial charge in [0, 0.05) is 21.9 Å². The van der Waals surface area contributed by atoms with E-state index in [1.54, 1.807) is 11.0 Å². The molecule has 1 fully saturated rings. The summed E-state index contributed by atoms with van der Waals surface area (Å²) in [5.41, 5.74) is 2.02. The minimum atomic E-state index is -0.488. The third-order valence-electron chi connectivity index (χ3n) is 5.70. The Balaban J connectivity index is 2.17. The molecule has 0 radical (unpaired) electrons. The molecule has 1 saturated heterocycles. The maximum Gasteiger partial charge on any atom is 0.227 e. The van der Waals surface area contributed by atoms with Gasteiger partial charge in [-0.05, 0) is 54.7 Å². The molecular formula is C24H25Cl2NO2. The lowest BCUT2D eigenvalue weighted by molar-refractivity contribution is -0.148. The number of allylic oxidation sites excluding steroid dienone is 1. The van der Waals surface area contributed by atoms with Crippen LogP contribution in [0.5, 0.6) is 0 Å². The monoisotopic (exact) mass is 429 g/mol. The van der Waals surface area contributed by atoms with Crippen molar-refractivity contribution in [2.75, 3.05) is 0 Å². The lowest BCUT2D eigenvalue weighted by Crippen LogP contribution is -2.52. The first kappa shape index (κ1) is 21.6. The largest absolute Gasteiger partial charge is 0.325 e. The molecular weight excluding hydrogens is 405 g/mol. The summed E-state index contributed by atoms with van der Waals surface area (Å²) in [4.78, 5) is 27.1. The number of benzene rings is 2. The molecule has 0 unspecified atom stereocenters. The molecule has 2 aromatic rings. The summed E-state index contributed by atoms with van der Waals surface area (Å²) in [6.07, 6.45) is 4.47. The van der Waals surface area contributed by atoms with E-state index in [1.807, 2.05) is 55.5 Å². The fourth-order valence-electron chi connectivity index (χ4n) is 4.31. The second kappa shape index (κ2) is 9.60. The third kappa shape index (κ3) is 4.57. The average molecular weight is 430 g/mol. The number of piperidine rings is 1. The molecule has 0 aliphatic carbocycles. The number of hydrogen-bond acceptors (Lipinski definition) is 2. The van der Waals surface area contributed by atoms with Crippen LogP contribution in [0.2, 0.25) is 10.0 Å². The Morgan fingerprint density at radius 3 is 2.45 bits per heavy atom. The van der Waals surface area contributed by atoms with Gasteiger partial charge in [0.15, 0.2) is 0 Å². The van der Waals surface area contributed by atoms with E-state index in [-0.39, 0.29) is 23.8 Å². The van der Waals surface area contributed by atoms with Gasteiger partial charge in [0.05, 0.1) is 12.1 Å². The molecule has 0 saturated carbocycles. The zero-order valence-electron chi connectivity index (χ0n) is 16.4. The van der Waals surface area contributed by atoms with Gasteiger partial charge >= 0.3 is 0 Å². The summed E-state index contributed by atoms with van der Waals surface area (Å²) >= 11 is 12.4. The molecule has 29 heavy (non-hydrogen) atoms. The Bertz CT molecular complexity index is 881. The fourth-order valence-corrected chi connectivity index (χ4v) is 4.64. The number of rotatable bonds is 7. The van der Waals surface area contributed by atoms with E-state index in [0.717, 1.165) is 17.4 Å². The smallest absolute Gasteiger partial charge is 0.227 e. The Morgan fingerprint density at radius 1 is 1.14 bits per heavy atom. The maximum atomic E-state index is 13.4. The number of aldehydes is 1. The van der Waals surface area contributed by atoms with Crippen LogP contribution in [0, 0.1) is 5.92 Å². The highest BCUT2D eigenvalue weighted by atomic mass is 35.5. The van der Waals surface area contributed by atoms with Crippen molar-refractivity contribution in [3.63, 3.8) is 0 Å². The predicted octanol–water partition coefficient (Wildman–Crippen LogP) is 6.22. The molecule has 3 nitrogen and oxygen atoms in total. The average Bonchev–Trinajstić information content (AvgIpc) is 2.72. The van der Waals surface area contributed by atoms with Crippen molar-refractivity contribution in [3.8, 4) is 0 Å². The molecule has 0 aromatic heterocycles. The zero-order valence-corrected chi connectivity index (χ0v) is 17.9. The van der Waals surface area contributed by atoms with E-state index in [4.69, 9.17) is 23.2 Å². The molecule has 2 aromatic carbocycles. The maximum absolute atomic E-state index is 13.4. The van der Waals surface area contributed by atoms with E-state index < -0.39 is 6.04 Å². The summed E-state index contributed by atoms with van der Waals surface area (Å²) in [5, 5.41) is 1.29. The Hall–Kier alpha value is -2.10. The minimum Gasteiger partial charge on any atom is -0.325 e. The second-order valence-corrected chi connectivity index (χ2v) is 8.34. The summed E-state index contributed by atoms with van der Waals surface area (Å²) < 4.78 is 0. The summed E-state index contributed by atoms with van der Waals surface area (Å²) in [5.74, 6) is -0.206. The summed E-state index contributed by atoms with van der Waals surface area (Å²) in [7, 11) is 0. The van der Waals surface area contributed by atoms with Crippen LogP contribution in [0.1, 0.15) is 49.3 Å². The van der Waals surface area contributed by atoms with Crippen molar-refractivity contribution < 1.29 is 9.59 Å². The van der Waals surface area contributed by atoms with E-state index in [9.17, 15) is 9.59 Å². The number of carbonyl (C=O) groups is 2. The molecule has 1 amide bonds. The molecule has 1 heterocycles. The molecule has 0 bridgehead atoms. The van der Waals surface area contributed by atoms with Crippen molar-refractivity contribution >= 4 is 35.4 Å². The molecule has 152 valence electrons. The van der Waals surface area contributed by atoms with Gasteiger partial charge in [-0.15, -0.1) is 6.58 Å². The number of hydrogen-bond donors (Lipinski definition) is 0. The van der Waals surface area contributed by atoms with Crippen molar-refractivity contribution in [1.82, 2.24) is 4.90 Å². The number of likely N-dealkylation sites (tertiary alicyclic amines) is 1. The topological polar surface area (TPSA) is 37.4 Å². The van der Waals surface area contributed by atoms with Gasteiger partial charge in [-0.2, -0.15) is 0 Å². The molecule has 0 spiro atoms. The number of nitrogens with zero attached hydrogens (tertiary/aromatic N) is 1. The molecule has 1 aliphatic rings. The number of carbonyl (C=O) groups excluding carboxylic acids is 2. The van der Waals surface area contributed by atoms with Crippen LogP contribution in [-0.4, -0.2) is 23.1 Å². The van der Waals surface area contributed by atoms with Crippen LogP contribution >= 0.6 is 23.2 Å². The third-order valence-corrected chi connectivity index (χ3v) is 6.18. The van der Waals surface area contributed by atoms with E-state index >= 15 is 0 Å². The summed E-state index contributed by atoms with van der Waals surface area (Å²) in [6, 6.07) is 14.5. The van der Waals surface area contributed by atoms with E-state index in [1.165, 1.54) is 0 Å². The first-order chi connectivity index (χ1) is 14.0. The van der Waals surface area contributed by atoms with E-state index in [0.29, 0.717) is 29.3 Å². The molecule has 5 heteroatoms. The quantitative estimate of drug-likeness (QED) is 0.386. The van der Waals surface area contributed by atoms with Crippen molar-refractivity contribution in [3.05, 3.63) is 82.4 Å². The van der Waals surface area contributed by atoms with Crippen LogP contribution < -0.4 is 0 Å². The van der Waals surface area contributed by atoms with Crippen molar-refractivity contribution in [1.29, 1.82) is 0 Å². The van der Waals surface area contributed by atoms with Gasteiger partial charge in [-0.1, -0.05) is 60.5 Å². The zero-order chi connectivity index (χ0) is 21.0. The normalized spacial score (nSPS) is 22.9. The standard InChI is InChI=1S/C24H25Cl2NO2/c1-3-6-18-14-22(17-7-5-8-20(26)13-17)23(16-9-11-19(25)12-10-16)27(24(18)29)21(4-2)15-28/h3,5,7-13,15,18,21-23H,1,4,6,14H2,2H3/t18-,21+,22-,23-/m1/s1.